The highest BCUT2D eigenvalue weighted by atomic mass is 35.5. The molecule has 0 bridgehead atoms. The zero-order valence-electron chi connectivity index (χ0n) is 11.0. The Morgan fingerprint density at radius 3 is 3.00 bits per heavy atom. The molecule has 1 aromatic heterocycles. The average molecular weight is 280 g/mol. The van der Waals surface area contributed by atoms with Gasteiger partial charge in [-0.3, -0.25) is 0 Å². The predicted octanol–water partition coefficient (Wildman–Crippen LogP) is 2.50. The fourth-order valence-electron chi connectivity index (χ4n) is 2.51. The first kappa shape index (κ1) is 12.9. The van der Waals surface area contributed by atoms with Gasteiger partial charge in [-0.15, -0.1) is 0 Å². The molecular weight excluding hydrogens is 262 g/mol. The first-order valence-electron chi connectivity index (χ1n) is 6.67. The summed E-state index contributed by atoms with van der Waals surface area (Å²) in [6.45, 7) is 2.65. The molecule has 1 aliphatic heterocycles. The van der Waals surface area contributed by atoms with Crippen molar-refractivity contribution in [3.63, 3.8) is 0 Å². The Kier molecular flexibility index (Phi) is 3.73. The van der Waals surface area contributed by atoms with Gasteiger partial charge in [-0.25, -0.2) is 4.98 Å². The molecule has 0 unspecified atom stereocenters. The summed E-state index contributed by atoms with van der Waals surface area (Å²) in [5.41, 5.74) is 2.02. The molecule has 2 heterocycles. The van der Waals surface area contributed by atoms with Crippen LogP contribution >= 0.6 is 11.6 Å². The highest BCUT2D eigenvalue weighted by Gasteiger charge is 2.15. The monoisotopic (exact) mass is 279 g/mol. The summed E-state index contributed by atoms with van der Waals surface area (Å²) in [5.74, 6) is 0.954. The first-order valence-corrected chi connectivity index (χ1v) is 7.05. The molecule has 1 aliphatic rings. The lowest BCUT2D eigenvalue weighted by Crippen LogP contribution is -2.32. The van der Waals surface area contributed by atoms with E-state index in [4.69, 9.17) is 16.3 Å². The number of piperidine rings is 1. The van der Waals surface area contributed by atoms with Gasteiger partial charge in [0.05, 0.1) is 17.1 Å². The second-order valence-electron chi connectivity index (χ2n) is 4.98. The Morgan fingerprint density at radius 2 is 2.21 bits per heavy atom. The van der Waals surface area contributed by atoms with Crippen LogP contribution in [0.25, 0.3) is 11.0 Å². The fraction of sp³-hybridized carbons (Fsp3) is 0.500. The van der Waals surface area contributed by atoms with E-state index in [2.05, 4.69) is 14.9 Å². The Labute approximate surface area is 117 Å². The number of aromatic nitrogens is 2. The molecule has 0 radical (unpaired) electrons. The van der Waals surface area contributed by atoms with Gasteiger partial charge in [0, 0.05) is 12.1 Å². The summed E-state index contributed by atoms with van der Waals surface area (Å²) in [6, 6.07) is 5.78. The minimum atomic E-state index is 0.352. The van der Waals surface area contributed by atoms with Crippen molar-refractivity contribution in [2.45, 2.75) is 25.6 Å². The van der Waals surface area contributed by atoms with Crippen molar-refractivity contribution in [1.29, 1.82) is 0 Å². The largest absolute Gasteiger partial charge is 0.370 e. The fourth-order valence-corrected chi connectivity index (χ4v) is 2.67. The maximum atomic E-state index is 5.99. The lowest BCUT2D eigenvalue weighted by Gasteiger charge is -2.22. The number of halogens is 1. The molecule has 4 nitrogen and oxygen atoms in total. The van der Waals surface area contributed by atoms with Crippen LogP contribution in [0.5, 0.6) is 0 Å². The molecule has 2 aromatic rings. The first-order chi connectivity index (χ1) is 9.24. The summed E-state index contributed by atoms with van der Waals surface area (Å²) in [7, 11) is 2.02. The molecular formula is C14H18ClN3O. The number of nitrogens with zero attached hydrogens (tertiary/aromatic N) is 2. The van der Waals surface area contributed by atoms with E-state index in [1.165, 1.54) is 0 Å². The van der Waals surface area contributed by atoms with Gasteiger partial charge in [0.2, 0.25) is 0 Å². The number of nitrogens with one attached hydrogen (secondary N) is 1. The number of benzene rings is 1. The highest BCUT2D eigenvalue weighted by molar-refractivity contribution is 6.31. The van der Waals surface area contributed by atoms with Crippen molar-refractivity contribution >= 4 is 22.6 Å². The number of fused-ring (bicyclic) bond motifs is 1. The van der Waals surface area contributed by atoms with Gasteiger partial charge in [0.15, 0.2) is 0 Å². The van der Waals surface area contributed by atoms with Crippen LogP contribution in [0.4, 0.5) is 0 Å². The van der Waals surface area contributed by atoms with Gasteiger partial charge >= 0.3 is 0 Å². The van der Waals surface area contributed by atoms with E-state index in [-0.39, 0.29) is 0 Å². The molecule has 0 atom stereocenters. The molecule has 19 heavy (non-hydrogen) atoms. The van der Waals surface area contributed by atoms with Crippen LogP contribution in [0.3, 0.4) is 0 Å². The number of rotatable bonds is 3. The SMILES string of the molecule is Cn1c(COC2CCNCC2)nc2cc(Cl)ccc21. The second-order valence-corrected chi connectivity index (χ2v) is 5.42. The molecule has 0 aliphatic carbocycles. The topological polar surface area (TPSA) is 39.1 Å². The zero-order chi connectivity index (χ0) is 13.2. The molecule has 0 spiro atoms. The van der Waals surface area contributed by atoms with Crippen molar-refractivity contribution in [3.8, 4) is 0 Å². The number of hydrogen-bond donors (Lipinski definition) is 1. The quantitative estimate of drug-likeness (QED) is 0.938. The van der Waals surface area contributed by atoms with Crippen LogP contribution in [0.15, 0.2) is 18.2 Å². The molecule has 102 valence electrons. The normalized spacial score (nSPS) is 17.2. The predicted molar refractivity (Wildman–Crippen MR) is 76.4 cm³/mol. The van der Waals surface area contributed by atoms with Gasteiger partial charge in [0.1, 0.15) is 12.4 Å². The lowest BCUT2D eigenvalue weighted by molar-refractivity contribution is 0.0170. The number of aryl methyl sites for hydroxylation is 1. The minimum absolute atomic E-state index is 0.352. The van der Waals surface area contributed by atoms with Gasteiger partial charge < -0.3 is 14.6 Å². The van der Waals surface area contributed by atoms with E-state index in [1.54, 1.807) is 0 Å². The Hall–Kier alpha value is -1.10. The Morgan fingerprint density at radius 1 is 1.42 bits per heavy atom. The van der Waals surface area contributed by atoms with E-state index in [0.29, 0.717) is 12.7 Å². The third-order valence-electron chi connectivity index (χ3n) is 3.67. The van der Waals surface area contributed by atoms with Gasteiger partial charge in [-0.2, -0.15) is 0 Å². The van der Waals surface area contributed by atoms with Crippen LogP contribution in [0.1, 0.15) is 18.7 Å². The molecule has 1 aromatic carbocycles. The van der Waals surface area contributed by atoms with Crippen molar-refractivity contribution in [1.82, 2.24) is 14.9 Å². The van der Waals surface area contributed by atoms with Crippen LogP contribution < -0.4 is 5.32 Å². The van der Waals surface area contributed by atoms with E-state index in [9.17, 15) is 0 Å². The van der Waals surface area contributed by atoms with E-state index >= 15 is 0 Å². The smallest absolute Gasteiger partial charge is 0.135 e. The Bertz CT molecular complexity index is 575. The molecule has 1 fully saturated rings. The van der Waals surface area contributed by atoms with Crippen molar-refractivity contribution in [2.24, 2.45) is 7.05 Å². The van der Waals surface area contributed by atoms with Gasteiger partial charge in [0.25, 0.3) is 0 Å². The summed E-state index contributed by atoms with van der Waals surface area (Å²) in [4.78, 5) is 4.60. The Balaban J connectivity index is 1.75. The van der Waals surface area contributed by atoms with Gasteiger partial charge in [-0.1, -0.05) is 11.6 Å². The maximum Gasteiger partial charge on any atom is 0.135 e. The van der Waals surface area contributed by atoms with Crippen LogP contribution in [0.2, 0.25) is 5.02 Å². The third-order valence-corrected chi connectivity index (χ3v) is 3.90. The van der Waals surface area contributed by atoms with Gasteiger partial charge in [-0.05, 0) is 44.1 Å². The summed E-state index contributed by atoms with van der Waals surface area (Å²) in [6.07, 6.45) is 2.51. The summed E-state index contributed by atoms with van der Waals surface area (Å²) >= 11 is 5.99. The highest BCUT2D eigenvalue weighted by Crippen LogP contribution is 2.20. The van der Waals surface area contributed by atoms with Crippen LogP contribution in [-0.2, 0) is 18.4 Å². The standard InChI is InChI=1S/C14H18ClN3O/c1-18-13-3-2-10(15)8-12(13)17-14(18)9-19-11-4-6-16-7-5-11/h2-3,8,11,16H,4-7,9H2,1H3. The van der Waals surface area contributed by atoms with E-state index in [0.717, 1.165) is 47.8 Å². The lowest BCUT2D eigenvalue weighted by atomic mass is 10.1. The third kappa shape index (κ3) is 2.76. The van der Waals surface area contributed by atoms with Crippen LogP contribution in [0, 0.1) is 0 Å². The van der Waals surface area contributed by atoms with Crippen LogP contribution in [-0.4, -0.2) is 28.7 Å². The second kappa shape index (κ2) is 5.49. The van der Waals surface area contributed by atoms with E-state index in [1.807, 2.05) is 25.2 Å². The molecule has 1 N–H and O–H groups in total. The maximum absolute atomic E-state index is 5.99. The summed E-state index contributed by atoms with van der Waals surface area (Å²) < 4.78 is 8.03. The van der Waals surface area contributed by atoms with Crippen molar-refractivity contribution in [3.05, 3.63) is 29.0 Å². The van der Waals surface area contributed by atoms with E-state index < -0.39 is 0 Å². The van der Waals surface area contributed by atoms with Crippen molar-refractivity contribution < 1.29 is 4.74 Å². The molecule has 3 rings (SSSR count). The molecule has 1 saturated heterocycles. The molecule has 5 heteroatoms. The minimum Gasteiger partial charge on any atom is -0.370 e. The zero-order valence-corrected chi connectivity index (χ0v) is 11.8. The number of ether oxygens (including phenoxy) is 1. The number of imidazole rings is 1. The molecule has 0 saturated carbocycles. The number of hydrogen-bond acceptors (Lipinski definition) is 3. The van der Waals surface area contributed by atoms with Crippen molar-refractivity contribution in [2.75, 3.05) is 13.1 Å². The average Bonchev–Trinajstić information content (AvgIpc) is 2.74. The molecule has 0 amide bonds. The summed E-state index contributed by atoms with van der Waals surface area (Å²) in [5, 5.41) is 4.06.